The quantitative estimate of drug-likeness (QED) is 0.232. The summed E-state index contributed by atoms with van der Waals surface area (Å²) in [7, 11) is 0. The van der Waals surface area contributed by atoms with Crippen molar-refractivity contribution in [2.75, 3.05) is 10.2 Å². The van der Waals surface area contributed by atoms with Crippen molar-refractivity contribution in [1.29, 1.82) is 0 Å². The number of amides is 2. The molecule has 1 fully saturated rings. The standard InChI is InChI=1S/C31H32N2O5/c1-6-21-10-12-22(13-11-21)28-27(29(35)23-14-15-26(19(4)16-23)38-18(2)3)30(36)31(37)33(28)25-9-7-8-24(17-25)32-20(5)34/h7-18,28,35H,6H2,1-5H3,(H,32,34)/b29-27+. The number of carbonyl (C=O) groups is 3. The summed E-state index contributed by atoms with van der Waals surface area (Å²) in [4.78, 5) is 39.9. The average molecular weight is 513 g/mol. The SMILES string of the molecule is CCc1ccc(C2/C(=C(\O)c3ccc(OC(C)C)c(C)c3)C(=O)C(=O)N2c2cccc(NC(C)=O)c2)cc1. The van der Waals surface area contributed by atoms with Gasteiger partial charge in [-0.15, -0.1) is 0 Å². The summed E-state index contributed by atoms with van der Waals surface area (Å²) in [5.41, 5.74) is 3.93. The number of hydrogen-bond donors (Lipinski definition) is 2. The van der Waals surface area contributed by atoms with E-state index in [0.717, 1.165) is 17.5 Å². The van der Waals surface area contributed by atoms with E-state index in [1.807, 2.05) is 52.0 Å². The molecule has 2 amide bonds. The van der Waals surface area contributed by atoms with Gasteiger partial charge < -0.3 is 15.2 Å². The first kappa shape index (κ1) is 26.7. The Hall–Kier alpha value is -4.39. The summed E-state index contributed by atoms with van der Waals surface area (Å²) in [5.74, 6) is -1.37. The Balaban J connectivity index is 1.88. The van der Waals surface area contributed by atoms with Gasteiger partial charge in [0.25, 0.3) is 11.7 Å². The summed E-state index contributed by atoms with van der Waals surface area (Å²) in [5, 5.41) is 14.2. The Morgan fingerprint density at radius 2 is 1.76 bits per heavy atom. The minimum Gasteiger partial charge on any atom is -0.507 e. The molecule has 0 bridgehead atoms. The molecule has 3 aromatic rings. The molecule has 7 heteroatoms. The van der Waals surface area contributed by atoms with Gasteiger partial charge in [0, 0.05) is 23.9 Å². The number of aliphatic hydroxyl groups is 1. The van der Waals surface area contributed by atoms with Crippen LogP contribution in [0.15, 0.2) is 72.3 Å². The smallest absolute Gasteiger partial charge is 0.300 e. The zero-order valence-electron chi connectivity index (χ0n) is 22.2. The van der Waals surface area contributed by atoms with Crippen LogP contribution in [0.4, 0.5) is 11.4 Å². The van der Waals surface area contributed by atoms with Crippen LogP contribution >= 0.6 is 0 Å². The average Bonchev–Trinajstić information content (AvgIpc) is 3.14. The molecule has 1 heterocycles. The minimum atomic E-state index is -0.861. The Morgan fingerprint density at radius 1 is 1.05 bits per heavy atom. The molecule has 0 radical (unpaired) electrons. The fourth-order valence-corrected chi connectivity index (χ4v) is 4.63. The predicted molar refractivity (Wildman–Crippen MR) is 148 cm³/mol. The zero-order chi connectivity index (χ0) is 27.6. The van der Waals surface area contributed by atoms with E-state index in [1.165, 1.54) is 11.8 Å². The van der Waals surface area contributed by atoms with Crippen molar-refractivity contribution >= 4 is 34.7 Å². The second kappa shape index (κ2) is 10.9. The van der Waals surface area contributed by atoms with Gasteiger partial charge in [-0.05, 0) is 80.3 Å². The number of carbonyl (C=O) groups excluding carboxylic acids is 3. The van der Waals surface area contributed by atoms with Gasteiger partial charge >= 0.3 is 0 Å². The second-order valence-corrected chi connectivity index (χ2v) is 9.64. The normalized spacial score (nSPS) is 16.7. The van der Waals surface area contributed by atoms with Crippen LogP contribution in [0.2, 0.25) is 0 Å². The van der Waals surface area contributed by atoms with Gasteiger partial charge in [0.05, 0.1) is 17.7 Å². The molecule has 0 aliphatic carbocycles. The van der Waals surface area contributed by atoms with Gasteiger partial charge in [-0.25, -0.2) is 0 Å². The van der Waals surface area contributed by atoms with Crippen molar-refractivity contribution < 1.29 is 24.2 Å². The Kier molecular flexibility index (Phi) is 7.67. The molecule has 1 aliphatic rings. The molecule has 4 rings (SSSR count). The first-order valence-corrected chi connectivity index (χ1v) is 12.7. The maximum atomic E-state index is 13.5. The van der Waals surface area contributed by atoms with Gasteiger partial charge in [-0.3, -0.25) is 19.3 Å². The lowest BCUT2D eigenvalue weighted by Gasteiger charge is -2.26. The Bertz CT molecular complexity index is 1420. The molecule has 0 saturated carbocycles. The van der Waals surface area contributed by atoms with E-state index >= 15 is 0 Å². The highest BCUT2D eigenvalue weighted by Gasteiger charge is 2.47. The van der Waals surface area contributed by atoms with Crippen LogP contribution in [0.3, 0.4) is 0 Å². The lowest BCUT2D eigenvalue weighted by molar-refractivity contribution is -0.132. The van der Waals surface area contributed by atoms with Crippen molar-refractivity contribution in [1.82, 2.24) is 0 Å². The maximum Gasteiger partial charge on any atom is 0.300 e. The van der Waals surface area contributed by atoms with Gasteiger partial charge in [-0.2, -0.15) is 0 Å². The van der Waals surface area contributed by atoms with Crippen LogP contribution in [0, 0.1) is 6.92 Å². The van der Waals surface area contributed by atoms with Crippen LogP contribution in [0.1, 0.15) is 56.0 Å². The van der Waals surface area contributed by atoms with Crippen molar-refractivity contribution in [3.63, 3.8) is 0 Å². The number of benzene rings is 3. The molecule has 196 valence electrons. The number of anilines is 2. The van der Waals surface area contributed by atoms with E-state index in [1.54, 1.807) is 42.5 Å². The summed E-state index contributed by atoms with van der Waals surface area (Å²) >= 11 is 0. The second-order valence-electron chi connectivity index (χ2n) is 9.64. The fourth-order valence-electron chi connectivity index (χ4n) is 4.63. The molecule has 0 spiro atoms. The summed E-state index contributed by atoms with van der Waals surface area (Å²) in [6, 6.07) is 18.7. The highest BCUT2D eigenvalue weighted by atomic mass is 16.5. The number of hydrogen-bond acceptors (Lipinski definition) is 5. The number of ether oxygens (including phenoxy) is 1. The highest BCUT2D eigenvalue weighted by Crippen LogP contribution is 2.43. The largest absolute Gasteiger partial charge is 0.507 e. The monoisotopic (exact) mass is 512 g/mol. The molecule has 1 unspecified atom stereocenters. The maximum absolute atomic E-state index is 13.5. The van der Waals surface area contributed by atoms with E-state index in [2.05, 4.69) is 5.32 Å². The van der Waals surface area contributed by atoms with E-state index in [-0.39, 0.29) is 23.3 Å². The Morgan fingerprint density at radius 3 is 2.37 bits per heavy atom. The molecule has 38 heavy (non-hydrogen) atoms. The van der Waals surface area contributed by atoms with E-state index in [4.69, 9.17) is 4.74 Å². The van der Waals surface area contributed by atoms with Crippen LogP contribution in [0.25, 0.3) is 5.76 Å². The van der Waals surface area contributed by atoms with E-state index in [9.17, 15) is 19.5 Å². The number of ketones is 1. The molecule has 3 aromatic carbocycles. The molecule has 0 aromatic heterocycles. The number of aliphatic hydroxyl groups excluding tert-OH is 1. The number of aryl methyl sites for hydroxylation is 2. The molecule has 1 atom stereocenters. The lowest BCUT2D eigenvalue weighted by Crippen LogP contribution is -2.29. The number of rotatable bonds is 7. The predicted octanol–water partition coefficient (Wildman–Crippen LogP) is 5.93. The number of nitrogens with one attached hydrogen (secondary N) is 1. The molecule has 1 aliphatic heterocycles. The van der Waals surface area contributed by atoms with Crippen molar-refractivity contribution in [3.05, 3.63) is 94.6 Å². The van der Waals surface area contributed by atoms with Crippen LogP contribution in [0.5, 0.6) is 5.75 Å². The van der Waals surface area contributed by atoms with E-state index in [0.29, 0.717) is 28.3 Å². The molecule has 2 N–H and O–H groups in total. The third-order valence-corrected chi connectivity index (χ3v) is 6.40. The number of Topliss-reactive ketones (excluding diaryl/α,β-unsaturated/α-hetero) is 1. The number of nitrogens with zero attached hydrogens (tertiary/aromatic N) is 1. The zero-order valence-corrected chi connectivity index (χ0v) is 22.2. The summed E-state index contributed by atoms with van der Waals surface area (Å²) in [6.07, 6.45) is 0.821. The third kappa shape index (κ3) is 5.32. The van der Waals surface area contributed by atoms with Gasteiger partial charge in [0.1, 0.15) is 11.5 Å². The summed E-state index contributed by atoms with van der Waals surface area (Å²) in [6.45, 7) is 9.16. The molecular weight excluding hydrogens is 480 g/mol. The lowest BCUT2D eigenvalue weighted by atomic mass is 9.93. The van der Waals surface area contributed by atoms with Crippen molar-refractivity contribution in [2.45, 2.75) is 53.2 Å². The van der Waals surface area contributed by atoms with Gasteiger partial charge in [0.15, 0.2) is 0 Å². The van der Waals surface area contributed by atoms with Crippen molar-refractivity contribution in [2.24, 2.45) is 0 Å². The van der Waals surface area contributed by atoms with Gasteiger partial charge in [-0.1, -0.05) is 37.3 Å². The van der Waals surface area contributed by atoms with Gasteiger partial charge in [0.2, 0.25) is 5.91 Å². The third-order valence-electron chi connectivity index (χ3n) is 6.40. The van der Waals surface area contributed by atoms with Crippen LogP contribution in [-0.4, -0.2) is 28.8 Å². The van der Waals surface area contributed by atoms with Crippen LogP contribution < -0.4 is 15.0 Å². The Labute approximate surface area is 222 Å². The van der Waals surface area contributed by atoms with Crippen molar-refractivity contribution in [3.8, 4) is 5.75 Å². The molecular formula is C31H32N2O5. The fraction of sp³-hybridized carbons (Fsp3) is 0.258. The molecule has 1 saturated heterocycles. The van der Waals surface area contributed by atoms with E-state index < -0.39 is 17.7 Å². The first-order chi connectivity index (χ1) is 18.1. The first-order valence-electron chi connectivity index (χ1n) is 12.7. The molecule has 7 nitrogen and oxygen atoms in total. The van der Waals surface area contributed by atoms with Crippen LogP contribution in [-0.2, 0) is 20.8 Å². The highest BCUT2D eigenvalue weighted by molar-refractivity contribution is 6.51. The topological polar surface area (TPSA) is 95.9 Å². The summed E-state index contributed by atoms with van der Waals surface area (Å²) < 4.78 is 5.81. The minimum absolute atomic E-state index is 0.00102.